The highest BCUT2D eigenvalue weighted by molar-refractivity contribution is 5.87. The molecule has 0 fully saturated rings. The van der Waals surface area contributed by atoms with Crippen molar-refractivity contribution < 1.29 is 38.1 Å². The average molecular weight is 468 g/mol. The number of esters is 3. The summed E-state index contributed by atoms with van der Waals surface area (Å²) >= 11 is 0. The fourth-order valence-electron chi connectivity index (χ4n) is 2.33. The predicted molar refractivity (Wildman–Crippen MR) is 122 cm³/mol. The van der Waals surface area contributed by atoms with Gasteiger partial charge in [-0.3, -0.25) is 9.59 Å². The van der Waals surface area contributed by atoms with Gasteiger partial charge >= 0.3 is 17.9 Å². The van der Waals surface area contributed by atoms with Crippen LogP contribution in [-0.2, 0) is 33.3 Å². The first-order valence-corrected chi connectivity index (χ1v) is 11.2. The van der Waals surface area contributed by atoms with Gasteiger partial charge in [-0.05, 0) is 64.5 Å². The fraction of sp³-hybridized carbons (Fsp3) is 0.625. The van der Waals surface area contributed by atoms with E-state index in [-0.39, 0.29) is 43.1 Å². The Bertz CT molecular complexity index is 674. The van der Waals surface area contributed by atoms with Crippen molar-refractivity contribution in [1.82, 2.24) is 4.98 Å². The molecule has 0 aromatic carbocycles. The van der Waals surface area contributed by atoms with Gasteiger partial charge in [0.1, 0.15) is 11.5 Å². The third-order valence-corrected chi connectivity index (χ3v) is 3.93. The summed E-state index contributed by atoms with van der Waals surface area (Å²) in [4.78, 5) is 48.2. The smallest absolute Gasteiger partial charge is 0.356 e. The van der Waals surface area contributed by atoms with E-state index in [0.29, 0.717) is 45.3 Å². The molecule has 0 amide bonds. The summed E-state index contributed by atoms with van der Waals surface area (Å²) in [6.07, 6.45) is 6.14. The first-order valence-electron chi connectivity index (χ1n) is 11.2. The van der Waals surface area contributed by atoms with Crippen LogP contribution in [-0.4, -0.2) is 62.2 Å². The zero-order valence-electron chi connectivity index (χ0n) is 20.0. The Morgan fingerprint density at radius 3 is 1.67 bits per heavy atom. The third-order valence-electron chi connectivity index (χ3n) is 3.93. The van der Waals surface area contributed by atoms with E-state index in [1.165, 1.54) is 20.0 Å². The molecule has 0 N–H and O–H groups in total. The van der Waals surface area contributed by atoms with Crippen LogP contribution in [0.15, 0.2) is 24.4 Å². The van der Waals surface area contributed by atoms with Crippen LogP contribution in [0.2, 0.25) is 0 Å². The van der Waals surface area contributed by atoms with Gasteiger partial charge in [-0.15, -0.1) is 0 Å². The van der Waals surface area contributed by atoms with Gasteiger partial charge in [0.05, 0.1) is 19.8 Å². The summed E-state index contributed by atoms with van der Waals surface area (Å²) in [6, 6.07) is 5.03. The number of ether oxygens (including phenoxy) is 4. The van der Waals surface area contributed by atoms with Crippen LogP contribution in [0.1, 0.15) is 75.7 Å². The number of nitrogens with zero attached hydrogens (tertiary/aromatic N) is 1. The van der Waals surface area contributed by atoms with Crippen molar-refractivity contribution in [1.29, 1.82) is 0 Å². The van der Waals surface area contributed by atoms with Crippen LogP contribution in [0.5, 0.6) is 0 Å². The molecule has 9 nitrogen and oxygen atoms in total. The van der Waals surface area contributed by atoms with E-state index in [4.69, 9.17) is 18.9 Å². The second-order valence-corrected chi connectivity index (χ2v) is 7.31. The summed E-state index contributed by atoms with van der Waals surface area (Å²) in [7, 11) is 1.64. The number of aromatic nitrogens is 1. The number of unbranched alkanes of at least 4 members (excludes halogenated alkanes) is 3. The topological polar surface area (TPSA) is 118 Å². The number of pyridine rings is 1. The molecule has 1 aromatic rings. The molecule has 186 valence electrons. The Kier molecular flexibility index (Phi) is 19.3. The van der Waals surface area contributed by atoms with Gasteiger partial charge in [0.15, 0.2) is 0 Å². The Hall–Kier alpha value is -2.81. The summed E-state index contributed by atoms with van der Waals surface area (Å²) < 4.78 is 20.2. The number of carbonyl (C=O) groups excluding carboxylic acids is 4. The molecule has 0 saturated carbocycles. The SMILES string of the molecule is CC(C)=O.COCCCCOC(=O)CCCCC(=O)OCCCCOC(=O)c1ccccn1. The highest BCUT2D eigenvalue weighted by Crippen LogP contribution is 2.05. The van der Waals surface area contributed by atoms with E-state index in [0.717, 1.165) is 12.8 Å². The molecule has 0 saturated heterocycles. The lowest BCUT2D eigenvalue weighted by Crippen LogP contribution is -2.10. The van der Waals surface area contributed by atoms with Crippen molar-refractivity contribution in [3.8, 4) is 0 Å². The van der Waals surface area contributed by atoms with Crippen molar-refractivity contribution in [3.05, 3.63) is 30.1 Å². The van der Waals surface area contributed by atoms with Gasteiger partial charge in [0.2, 0.25) is 0 Å². The van der Waals surface area contributed by atoms with Gasteiger partial charge in [-0.1, -0.05) is 6.07 Å². The maximum absolute atomic E-state index is 11.7. The molecular weight excluding hydrogens is 430 g/mol. The summed E-state index contributed by atoms with van der Waals surface area (Å²) in [5.41, 5.74) is 0.272. The van der Waals surface area contributed by atoms with Crippen LogP contribution in [0, 0.1) is 0 Å². The van der Waals surface area contributed by atoms with E-state index in [9.17, 15) is 19.2 Å². The van der Waals surface area contributed by atoms with Gasteiger partial charge in [-0.25, -0.2) is 9.78 Å². The minimum absolute atomic E-state index is 0.167. The molecule has 0 aliphatic carbocycles. The summed E-state index contributed by atoms with van der Waals surface area (Å²) in [5, 5.41) is 0. The largest absolute Gasteiger partial charge is 0.466 e. The van der Waals surface area contributed by atoms with Crippen LogP contribution in [0.25, 0.3) is 0 Å². The Morgan fingerprint density at radius 1 is 0.727 bits per heavy atom. The number of methoxy groups -OCH3 is 1. The normalized spacial score (nSPS) is 9.91. The molecule has 33 heavy (non-hydrogen) atoms. The van der Waals surface area contributed by atoms with Gasteiger partial charge in [-0.2, -0.15) is 0 Å². The maximum atomic E-state index is 11.7. The number of hydrogen-bond donors (Lipinski definition) is 0. The van der Waals surface area contributed by atoms with Crippen LogP contribution in [0.3, 0.4) is 0 Å². The Balaban J connectivity index is 0.00000235. The minimum atomic E-state index is -0.462. The monoisotopic (exact) mass is 467 g/mol. The molecule has 9 heteroatoms. The number of hydrogen-bond acceptors (Lipinski definition) is 9. The molecular formula is C24H37NO8. The lowest BCUT2D eigenvalue weighted by atomic mass is 10.2. The van der Waals surface area contributed by atoms with E-state index in [1.807, 2.05) is 0 Å². The number of rotatable bonds is 16. The number of Topliss-reactive ketones (excluding diaryl/α,β-unsaturated/α-hetero) is 1. The predicted octanol–water partition coefficient (Wildman–Crippen LogP) is 3.69. The minimum Gasteiger partial charge on any atom is -0.466 e. The van der Waals surface area contributed by atoms with E-state index < -0.39 is 5.97 Å². The van der Waals surface area contributed by atoms with Gasteiger partial charge < -0.3 is 23.7 Å². The molecule has 1 heterocycles. The molecule has 1 aromatic heterocycles. The molecule has 0 unspecified atom stereocenters. The van der Waals surface area contributed by atoms with Gasteiger partial charge in [0.25, 0.3) is 0 Å². The number of ketones is 1. The Morgan fingerprint density at radius 2 is 1.21 bits per heavy atom. The quantitative estimate of drug-likeness (QED) is 0.204. The van der Waals surface area contributed by atoms with Crippen molar-refractivity contribution in [3.63, 3.8) is 0 Å². The zero-order valence-corrected chi connectivity index (χ0v) is 20.0. The van der Waals surface area contributed by atoms with Gasteiger partial charge in [0, 0.05) is 32.8 Å². The van der Waals surface area contributed by atoms with Crippen molar-refractivity contribution in [2.24, 2.45) is 0 Å². The highest BCUT2D eigenvalue weighted by atomic mass is 16.5. The maximum Gasteiger partial charge on any atom is 0.356 e. The van der Waals surface area contributed by atoms with E-state index in [1.54, 1.807) is 25.3 Å². The second kappa shape index (κ2) is 21.1. The highest BCUT2D eigenvalue weighted by Gasteiger charge is 2.08. The lowest BCUT2D eigenvalue weighted by Gasteiger charge is -2.06. The van der Waals surface area contributed by atoms with Crippen LogP contribution in [0.4, 0.5) is 0 Å². The van der Waals surface area contributed by atoms with E-state index >= 15 is 0 Å². The molecule has 0 bridgehead atoms. The van der Waals surface area contributed by atoms with Crippen molar-refractivity contribution in [2.75, 3.05) is 33.5 Å². The molecule has 0 spiro atoms. The van der Waals surface area contributed by atoms with Crippen molar-refractivity contribution >= 4 is 23.7 Å². The van der Waals surface area contributed by atoms with Crippen LogP contribution >= 0.6 is 0 Å². The molecule has 1 rings (SSSR count). The lowest BCUT2D eigenvalue weighted by molar-refractivity contribution is -0.146. The number of carbonyl (C=O) groups is 4. The standard InChI is InChI=1S/C21H31NO7.C3H6O/c1-26-14-6-7-15-27-19(23)11-2-3-12-20(24)28-16-8-9-17-29-21(25)18-10-4-5-13-22-18;1-3(2)4/h4-5,10,13H,2-3,6-9,11-12,14-17H2,1H3;1-2H3. The molecule has 0 atom stereocenters. The molecule has 0 radical (unpaired) electrons. The molecule has 0 aliphatic heterocycles. The first kappa shape index (κ1) is 30.2. The van der Waals surface area contributed by atoms with E-state index in [2.05, 4.69) is 4.98 Å². The third kappa shape index (κ3) is 20.8. The summed E-state index contributed by atoms with van der Waals surface area (Å²) in [6.45, 7) is 4.65. The second-order valence-electron chi connectivity index (χ2n) is 7.31. The van der Waals surface area contributed by atoms with Crippen molar-refractivity contribution in [2.45, 2.75) is 65.2 Å². The molecule has 0 aliphatic rings. The summed E-state index contributed by atoms with van der Waals surface area (Å²) in [5.74, 6) is -0.824. The average Bonchev–Trinajstić information content (AvgIpc) is 2.79. The van der Waals surface area contributed by atoms with Crippen LogP contribution < -0.4 is 0 Å². The fourth-order valence-corrected chi connectivity index (χ4v) is 2.33. The Labute approximate surface area is 196 Å². The first-order chi connectivity index (χ1) is 15.9. The zero-order chi connectivity index (χ0) is 24.7.